The van der Waals surface area contributed by atoms with Gasteiger partial charge in [-0.25, -0.2) is 0 Å². The quantitative estimate of drug-likeness (QED) is 0.898. The average molecular weight is 331 g/mol. The highest BCUT2D eigenvalue weighted by Gasteiger charge is 2.29. The van der Waals surface area contributed by atoms with Gasteiger partial charge in [0.1, 0.15) is 0 Å². The van der Waals surface area contributed by atoms with Gasteiger partial charge in [0.2, 0.25) is 5.91 Å². The normalized spacial score (nSPS) is 16.3. The van der Waals surface area contributed by atoms with Crippen LogP contribution < -0.4 is 5.32 Å². The zero-order chi connectivity index (χ0) is 17.7. The van der Waals surface area contributed by atoms with Gasteiger partial charge in [-0.3, -0.25) is 9.59 Å². The molecule has 5 nitrogen and oxygen atoms in total. The summed E-state index contributed by atoms with van der Waals surface area (Å²) in [7, 11) is 4.03. The van der Waals surface area contributed by atoms with Crippen LogP contribution in [0, 0.1) is 5.92 Å². The van der Waals surface area contributed by atoms with Gasteiger partial charge in [0, 0.05) is 36.7 Å². The Kier molecular flexibility index (Phi) is 5.99. The van der Waals surface area contributed by atoms with E-state index in [2.05, 4.69) is 24.1 Å². The van der Waals surface area contributed by atoms with Crippen molar-refractivity contribution in [3.8, 4) is 0 Å². The standard InChI is InChI=1S/C19H29N3O2/c1-19(2,21(3)4)14-20-17(23)15-10-12-22(13-11-15)18(24)16-8-6-5-7-9-16/h5-9,15H,10-14H2,1-4H3,(H,20,23). The molecule has 0 aliphatic carbocycles. The fraction of sp³-hybridized carbons (Fsp3) is 0.579. The van der Waals surface area contributed by atoms with Gasteiger partial charge in [-0.05, 0) is 52.9 Å². The van der Waals surface area contributed by atoms with Gasteiger partial charge < -0.3 is 15.1 Å². The van der Waals surface area contributed by atoms with Crippen molar-refractivity contribution in [3.63, 3.8) is 0 Å². The lowest BCUT2D eigenvalue weighted by molar-refractivity contribution is -0.126. The zero-order valence-corrected chi connectivity index (χ0v) is 15.2. The molecule has 2 amide bonds. The molecule has 0 atom stereocenters. The summed E-state index contributed by atoms with van der Waals surface area (Å²) < 4.78 is 0. The van der Waals surface area contributed by atoms with Crippen LogP contribution in [0.15, 0.2) is 30.3 Å². The number of likely N-dealkylation sites (tertiary alicyclic amines) is 1. The molecular weight excluding hydrogens is 302 g/mol. The molecule has 0 bridgehead atoms. The van der Waals surface area contributed by atoms with Crippen molar-refractivity contribution in [2.45, 2.75) is 32.2 Å². The summed E-state index contributed by atoms with van der Waals surface area (Å²) in [5.74, 6) is 0.169. The third-order valence-corrected chi connectivity index (χ3v) is 5.08. The smallest absolute Gasteiger partial charge is 0.253 e. The summed E-state index contributed by atoms with van der Waals surface area (Å²) >= 11 is 0. The van der Waals surface area contributed by atoms with Crippen molar-refractivity contribution < 1.29 is 9.59 Å². The summed E-state index contributed by atoms with van der Waals surface area (Å²) in [4.78, 5) is 28.8. The summed E-state index contributed by atoms with van der Waals surface area (Å²) in [6.07, 6.45) is 1.46. The average Bonchev–Trinajstić information content (AvgIpc) is 2.60. The van der Waals surface area contributed by atoms with Gasteiger partial charge in [-0.2, -0.15) is 0 Å². The Morgan fingerprint density at radius 2 is 1.75 bits per heavy atom. The second-order valence-electron chi connectivity index (χ2n) is 7.36. The van der Waals surface area contributed by atoms with Crippen LogP contribution in [0.25, 0.3) is 0 Å². The van der Waals surface area contributed by atoms with Crippen LogP contribution in [-0.4, -0.2) is 60.9 Å². The highest BCUT2D eigenvalue weighted by Crippen LogP contribution is 2.19. The first-order chi connectivity index (χ1) is 11.3. The van der Waals surface area contributed by atoms with Gasteiger partial charge in [0.05, 0.1) is 0 Å². The lowest BCUT2D eigenvalue weighted by Gasteiger charge is -2.35. The number of nitrogens with one attached hydrogen (secondary N) is 1. The second kappa shape index (κ2) is 7.79. The number of piperidine rings is 1. The molecule has 1 heterocycles. The van der Waals surface area contributed by atoms with Crippen LogP contribution in [0.1, 0.15) is 37.0 Å². The molecule has 132 valence electrons. The molecule has 0 radical (unpaired) electrons. The monoisotopic (exact) mass is 331 g/mol. The van der Waals surface area contributed by atoms with Crippen LogP contribution >= 0.6 is 0 Å². The first kappa shape index (κ1) is 18.5. The molecule has 1 fully saturated rings. The number of hydrogen-bond acceptors (Lipinski definition) is 3. The van der Waals surface area contributed by atoms with E-state index in [9.17, 15) is 9.59 Å². The summed E-state index contributed by atoms with van der Waals surface area (Å²) in [6.45, 7) is 6.12. The van der Waals surface area contributed by atoms with Gasteiger partial charge in [-0.15, -0.1) is 0 Å². The SMILES string of the molecule is CN(C)C(C)(C)CNC(=O)C1CCN(C(=O)c2ccccc2)CC1. The van der Waals surface area contributed by atoms with E-state index < -0.39 is 0 Å². The van der Waals surface area contributed by atoms with E-state index in [1.54, 1.807) is 0 Å². The fourth-order valence-electron chi connectivity index (χ4n) is 2.71. The number of rotatable bonds is 5. The van der Waals surface area contributed by atoms with E-state index in [-0.39, 0.29) is 23.3 Å². The molecule has 0 spiro atoms. The molecule has 24 heavy (non-hydrogen) atoms. The van der Waals surface area contributed by atoms with Crippen molar-refractivity contribution in [1.29, 1.82) is 0 Å². The Morgan fingerprint density at radius 1 is 1.17 bits per heavy atom. The van der Waals surface area contributed by atoms with E-state index in [1.807, 2.05) is 49.3 Å². The highest BCUT2D eigenvalue weighted by molar-refractivity contribution is 5.94. The van der Waals surface area contributed by atoms with E-state index in [4.69, 9.17) is 0 Å². The Balaban J connectivity index is 1.82. The Morgan fingerprint density at radius 3 is 2.29 bits per heavy atom. The summed E-state index contributed by atoms with van der Waals surface area (Å²) in [6, 6.07) is 9.33. The van der Waals surface area contributed by atoms with Crippen LogP contribution in [0.3, 0.4) is 0 Å². The molecule has 1 aliphatic heterocycles. The van der Waals surface area contributed by atoms with Crippen molar-refractivity contribution in [2.75, 3.05) is 33.7 Å². The minimum atomic E-state index is -0.0698. The topological polar surface area (TPSA) is 52.7 Å². The van der Waals surface area contributed by atoms with Gasteiger partial charge in [0.15, 0.2) is 0 Å². The summed E-state index contributed by atoms with van der Waals surface area (Å²) in [5.41, 5.74) is 0.646. The van der Waals surface area contributed by atoms with Crippen molar-refractivity contribution in [1.82, 2.24) is 15.1 Å². The predicted octanol–water partition coefficient (Wildman–Crippen LogP) is 2.00. The third-order valence-electron chi connectivity index (χ3n) is 5.08. The van der Waals surface area contributed by atoms with Gasteiger partial charge in [-0.1, -0.05) is 18.2 Å². The van der Waals surface area contributed by atoms with Crippen LogP contribution in [0.2, 0.25) is 0 Å². The largest absolute Gasteiger partial charge is 0.354 e. The van der Waals surface area contributed by atoms with Gasteiger partial charge >= 0.3 is 0 Å². The van der Waals surface area contributed by atoms with E-state index in [1.165, 1.54) is 0 Å². The van der Waals surface area contributed by atoms with Crippen LogP contribution in [0.4, 0.5) is 0 Å². The van der Waals surface area contributed by atoms with E-state index >= 15 is 0 Å². The molecule has 0 unspecified atom stereocenters. The molecule has 1 N–H and O–H groups in total. The lowest BCUT2D eigenvalue weighted by atomic mass is 9.94. The van der Waals surface area contributed by atoms with Crippen LogP contribution in [-0.2, 0) is 4.79 Å². The number of hydrogen-bond donors (Lipinski definition) is 1. The molecular formula is C19H29N3O2. The second-order valence-corrected chi connectivity index (χ2v) is 7.36. The molecule has 5 heteroatoms. The maximum atomic E-state index is 12.4. The molecule has 1 aromatic carbocycles. The molecule has 1 saturated heterocycles. The zero-order valence-electron chi connectivity index (χ0n) is 15.2. The molecule has 0 saturated carbocycles. The lowest BCUT2D eigenvalue weighted by Crippen LogP contribution is -2.50. The Hall–Kier alpha value is -1.88. The number of amides is 2. The highest BCUT2D eigenvalue weighted by atomic mass is 16.2. The van der Waals surface area contributed by atoms with E-state index in [0.717, 1.165) is 12.8 Å². The predicted molar refractivity (Wildman–Crippen MR) is 95.8 cm³/mol. The molecule has 2 rings (SSSR count). The number of carbonyl (C=O) groups is 2. The first-order valence-corrected chi connectivity index (χ1v) is 8.61. The molecule has 1 aliphatic rings. The maximum Gasteiger partial charge on any atom is 0.253 e. The van der Waals surface area contributed by atoms with Crippen molar-refractivity contribution in [3.05, 3.63) is 35.9 Å². The summed E-state index contributed by atoms with van der Waals surface area (Å²) in [5, 5.41) is 3.07. The molecule has 0 aromatic heterocycles. The third kappa shape index (κ3) is 4.57. The Bertz CT molecular complexity index is 561. The molecule has 1 aromatic rings. The van der Waals surface area contributed by atoms with E-state index in [0.29, 0.717) is 25.2 Å². The van der Waals surface area contributed by atoms with Crippen molar-refractivity contribution in [2.24, 2.45) is 5.92 Å². The number of carbonyl (C=O) groups excluding carboxylic acids is 2. The number of nitrogens with zero attached hydrogens (tertiary/aromatic N) is 2. The van der Waals surface area contributed by atoms with Crippen molar-refractivity contribution >= 4 is 11.8 Å². The van der Waals surface area contributed by atoms with Crippen LogP contribution in [0.5, 0.6) is 0 Å². The minimum Gasteiger partial charge on any atom is -0.354 e. The minimum absolute atomic E-state index is 0.00258. The number of benzene rings is 1. The first-order valence-electron chi connectivity index (χ1n) is 8.61. The maximum absolute atomic E-state index is 12.4. The van der Waals surface area contributed by atoms with Gasteiger partial charge in [0.25, 0.3) is 5.91 Å². The Labute approximate surface area is 145 Å². The number of likely N-dealkylation sites (N-methyl/N-ethyl adjacent to an activating group) is 1. The fourth-order valence-corrected chi connectivity index (χ4v) is 2.71.